The topological polar surface area (TPSA) is 0 Å². The van der Waals surface area contributed by atoms with Crippen molar-refractivity contribution in [2.75, 3.05) is 0 Å². The average molecular weight is 272 g/mol. The Balaban J connectivity index is 1.80. The van der Waals surface area contributed by atoms with Gasteiger partial charge >= 0.3 is 0 Å². The summed E-state index contributed by atoms with van der Waals surface area (Å²) in [5.74, 6) is 0.901. The van der Waals surface area contributed by atoms with Crippen molar-refractivity contribution >= 4 is 0 Å². The van der Waals surface area contributed by atoms with Gasteiger partial charge in [-0.25, -0.2) is 0 Å². The van der Waals surface area contributed by atoms with E-state index in [9.17, 15) is 0 Å². The molecule has 0 aliphatic heterocycles. The van der Waals surface area contributed by atoms with Gasteiger partial charge in [0.15, 0.2) is 0 Å². The lowest BCUT2D eigenvalue weighted by molar-refractivity contribution is 0.659. The van der Waals surface area contributed by atoms with Gasteiger partial charge in [-0.15, -0.1) is 0 Å². The molecule has 0 saturated carbocycles. The van der Waals surface area contributed by atoms with Crippen LogP contribution in [0.15, 0.2) is 103 Å². The van der Waals surface area contributed by atoms with Crippen molar-refractivity contribution in [2.45, 2.75) is 6.42 Å². The normalized spacial score (nSPS) is 29.8. The van der Waals surface area contributed by atoms with E-state index in [4.69, 9.17) is 0 Å². The highest BCUT2D eigenvalue weighted by Gasteiger charge is 2.16. The van der Waals surface area contributed by atoms with Crippen LogP contribution in [0.25, 0.3) is 0 Å². The molecular formula is C21H20. The molecule has 3 rings (SSSR count). The van der Waals surface area contributed by atoms with E-state index in [0.29, 0.717) is 11.8 Å². The minimum atomic E-state index is 0.445. The minimum Gasteiger partial charge on any atom is -0.0767 e. The van der Waals surface area contributed by atoms with Gasteiger partial charge in [-0.05, 0) is 17.6 Å². The number of benzene rings is 1. The molecule has 0 bridgehead atoms. The first-order chi connectivity index (χ1) is 10.4. The first-order valence-electron chi connectivity index (χ1n) is 7.53. The van der Waals surface area contributed by atoms with Gasteiger partial charge in [0.1, 0.15) is 0 Å². The molecule has 0 heterocycles. The highest BCUT2D eigenvalue weighted by atomic mass is 14.2. The number of fused-ring (bicyclic) bond motifs is 1. The van der Waals surface area contributed by atoms with Crippen LogP contribution in [-0.4, -0.2) is 0 Å². The maximum Gasteiger partial charge on any atom is 0.00534 e. The lowest BCUT2D eigenvalue weighted by Crippen LogP contribution is -2.10. The summed E-state index contributed by atoms with van der Waals surface area (Å²) in [6, 6.07) is 10.7. The highest BCUT2D eigenvalue weighted by Crippen LogP contribution is 2.27. The van der Waals surface area contributed by atoms with Crippen LogP contribution in [0.5, 0.6) is 0 Å². The molecule has 0 fully saturated rings. The maximum absolute atomic E-state index is 2.40. The van der Waals surface area contributed by atoms with Gasteiger partial charge in [0.2, 0.25) is 0 Å². The van der Waals surface area contributed by atoms with Crippen molar-refractivity contribution in [2.24, 2.45) is 11.8 Å². The van der Waals surface area contributed by atoms with Crippen molar-refractivity contribution in [1.82, 2.24) is 0 Å². The molecule has 0 saturated heterocycles. The largest absolute Gasteiger partial charge is 0.0767 e. The Hall–Kier alpha value is -2.34. The zero-order chi connectivity index (χ0) is 14.3. The van der Waals surface area contributed by atoms with Crippen molar-refractivity contribution in [1.29, 1.82) is 0 Å². The Morgan fingerprint density at radius 3 is 2.10 bits per heavy atom. The Morgan fingerprint density at radius 2 is 1.33 bits per heavy atom. The van der Waals surface area contributed by atoms with E-state index < -0.39 is 0 Å². The van der Waals surface area contributed by atoms with E-state index in [0.717, 1.165) is 6.42 Å². The molecule has 0 radical (unpaired) electrons. The summed E-state index contributed by atoms with van der Waals surface area (Å²) in [6.07, 6.45) is 25.2. The summed E-state index contributed by atoms with van der Waals surface area (Å²) in [5, 5.41) is 0. The number of allylic oxidation sites excluding steroid dienone is 12. The highest BCUT2D eigenvalue weighted by molar-refractivity contribution is 5.36. The number of hydrogen-bond acceptors (Lipinski definition) is 0. The summed E-state index contributed by atoms with van der Waals surface area (Å²) in [6.45, 7) is 0. The van der Waals surface area contributed by atoms with E-state index in [1.165, 1.54) is 11.1 Å². The fraction of sp³-hybridized carbons (Fsp3) is 0.143. The molecule has 2 aliphatic carbocycles. The third kappa shape index (κ3) is 3.82. The predicted octanol–water partition coefficient (Wildman–Crippen LogP) is 5.20. The smallest absolute Gasteiger partial charge is 0.00534 e. The average Bonchev–Trinajstić information content (AvgIpc) is 2.53. The molecule has 1 aromatic carbocycles. The van der Waals surface area contributed by atoms with Gasteiger partial charge in [-0.2, -0.15) is 0 Å². The van der Waals surface area contributed by atoms with Crippen LogP contribution in [-0.2, 0) is 6.42 Å². The summed E-state index contributed by atoms with van der Waals surface area (Å²) in [5.41, 5.74) is 2.77. The van der Waals surface area contributed by atoms with Crippen molar-refractivity contribution < 1.29 is 0 Å². The van der Waals surface area contributed by atoms with Crippen LogP contribution in [0.1, 0.15) is 5.56 Å². The molecule has 0 spiro atoms. The van der Waals surface area contributed by atoms with Gasteiger partial charge in [0.25, 0.3) is 0 Å². The lowest BCUT2D eigenvalue weighted by atomic mass is 9.83. The molecule has 1 aromatic rings. The lowest BCUT2D eigenvalue weighted by Gasteiger charge is -2.21. The zero-order valence-electron chi connectivity index (χ0n) is 12.1. The minimum absolute atomic E-state index is 0.445. The van der Waals surface area contributed by atoms with Crippen LogP contribution < -0.4 is 0 Å². The van der Waals surface area contributed by atoms with Crippen molar-refractivity contribution in [3.05, 3.63) is 108 Å². The monoisotopic (exact) mass is 272 g/mol. The van der Waals surface area contributed by atoms with Crippen molar-refractivity contribution in [3.8, 4) is 0 Å². The quantitative estimate of drug-likeness (QED) is 0.694. The fourth-order valence-corrected chi connectivity index (χ4v) is 2.74. The first kappa shape index (κ1) is 13.6. The third-order valence-corrected chi connectivity index (χ3v) is 3.86. The zero-order valence-corrected chi connectivity index (χ0v) is 12.1. The molecule has 104 valence electrons. The standard InChI is InChI=1S/C21H20/c1-2-4-9-13-21-17-19(14-15-20(21)12-8-3-1)16-18-10-6-5-7-11-18/h1-15,17,20-21H,16H2/b3-1-,4-2-,12-8+,13-9-. The van der Waals surface area contributed by atoms with E-state index in [1.54, 1.807) is 0 Å². The number of rotatable bonds is 2. The summed E-state index contributed by atoms with van der Waals surface area (Å²) < 4.78 is 0. The molecule has 21 heavy (non-hydrogen) atoms. The molecule has 0 amide bonds. The molecular weight excluding hydrogens is 252 g/mol. The first-order valence-corrected chi connectivity index (χ1v) is 7.53. The van der Waals surface area contributed by atoms with Crippen LogP contribution in [0.2, 0.25) is 0 Å². The Bertz CT molecular complexity index is 636. The predicted molar refractivity (Wildman–Crippen MR) is 90.9 cm³/mol. The summed E-state index contributed by atoms with van der Waals surface area (Å²) in [7, 11) is 0. The van der Waals surface area contributed by atoms with Gasteiger partial charge in [0.05, 0.1) is 0 Å². The Morgan fingerprint density at radius 1 is 0.667 bits per heavy atom. The second-order valence-corrected chi connectivity index (χ2v) is 5.46. The molecule has 0 heteroatoms. The fourth-order valence-electron chi connectivity index (χ4n) is 2.74. The summed E-state index contributed by atoms with van der Waals surface area (Å²) >= 11 is 0. The van der Waals surface area contributed by atoms with Crippen LogP contribution in [0, 0.1) is 11.8 Å². The van der Waals surface area contributed by atoms with E-state index in [-0.39, 0.29) is 0 Å². The Kier molecular flexibility index (Phi) is 4.48. The molecule has 0 nitrogen and oxygen atoms in total. The number of hydrogen-bond donors (Lipinski definition) is 0. The van der Waals surface area contributed by atoms with Crippen molar-refractivity contribution in [3.63, 3.8) is 0 Å². The molecule has 0 N–H and O–H groups in total. The second kappa shape index (κ2) is 6.90. The molecule has 2 unspecified atom stereocenters. The maximum atomic E-state index is 2.40. The molecule has 2 atom stereocenters. The van der Waals surface area contributed by atoms with Gasteiger partial charge in [-0.1, -0.05) is 97.2 Å². The van der Waals surface area contributed by atoms with E-state index >= 15 is 0 Å². The van der Waals surface area contributed by atoms with Gasteiger partial charge in [-0.3, -0.25) is 0 Å². The summed E-state index contributed by atoms with van der Waals surface area (Å²) in [4.78, 5) is 0. The Labute approximate surface area is 127 Å². The van der Waals surface area contributed by atoms with Gasteiger partial charge in [0, 0.05) is 11.8 Å². The molecule has 2 aliphatic rings. The van der Waals surface area contributed by atoms with E-state index in [1.807, 2.05) is 0 Å². The SMILES string of the molecule is C1=CC2/C=C/C=C\C=C/C=C\C2C=C1Cc1ccccc1. The van der Waals surface area contributed by atoms with Crippen LogP contribution >= 0.6 is 0 Å². The molecule has 0 aromatic heterocycles. The van der Waals surface area contributed by atoms with Crippen LogP contribution in [0.3, 0.4) is 0 Å². The van der Waals surface area contributed by atoms with Crippen LogP contribution in [0.4, 0.5) is 0 Å². The van der Waals surface area contributed by atoms with Gasteiger partial charge < -0.3 is 0 Å². The third-order valence-electron chi connectivity index (χ3n) is 3.86. The van der Waals surface area contributed by atoms with E-state index in [2.05, 4.69) is 97.2 Å². The second-order valence-electron chi connectivity index (χ2n) is 5.46.